The van der Waals surface area contributed by atoms with Gasteiger partial charge in [0.2, 0.25) is 0 Å². The van der Waals surface area contributed by atoms with Crippen LogP contribution in [0.15, 0.2) is 30.7 Å². The van der Waals surface area contributed by atoms with Crippen molar-refractivity contribution in [2.45, 2.75) is 19.0 Å². The van der Waals surface area contributed by atoms with Gasteiger partial charge in [0.25, 0.3) is 0 Å². The van der Waals surface area contributed by atoms with Gasteiger partial charge in [-0.3, -0.25) is 4.79 Å². The molecule has 0 aromatic carbocycles. The monoisotopic (exact) mass is 463 g/mol. The van der Waals surface area contributed by atoms with Crippen LogP contribution < -0.4 is 0 Å². The predicted octanol–water partition coefficient (Wildman–Crippen LogP) is 4.22. The zero-order chi connectivity index (χ0) is 22.1. The van der Waals surface area contributed by atoms with Gasteiger partial charge in [-0.1, -0.05) is 23.2 Å². The van der Waals surface area contributed by atoms with Crippen LogP contribution in [0.1, 0.15) is 30.1 Å². The molecule has 3 aromatic heterocycles. The summed E-state index contributed by atoms with van der Waals surface area (Å²) in [5, 5.41) is 3.15. The van der Waals surface area contributed by atoms with Crippen molar-refractivity contribution in [1.82, 2.24) is 24.7 Å². The van der Waals surface area contributed by atoms with E-state index in [1.54, 1.807) is 0 Å². The topological polar surface area (TPSA) is 82.8 Å². The second-order valence-electron chi connectivity index (χ2n) is 5.77. The summed E-state index contributed by atoms with van der Waals surface area (Å²) < 4.78 is 59.7. The van der Waals surface area contributed by atoms with Gasteiger partial charge in [-0.15, -0.1) is 0 Å². The van der Waals surface area contributed by atoms with Gasteiger partial charge in [0.1, 0.15) is 5.82 Å². The van der Waals surface area contributed by atoms with Crippen molar-refractivity contribution < 1.29 is 27.1 Å². The number of rotatable bonds is 5. The third kappa shape index (κ3) is 4.51. The van der Waals surface area contributed by atoms with Crippen LogP contribution in [0.25, 0.3) is 5.69 Å². The van der Waals surface area contributed by atoms with Crippen molar-refractivity contribution >= 4 is 29.2 Å². The second kappa shape index (κ2) is 8.52. The highest BCUT2D eigenvalue weighted by molar-refractivity contribution is 6.30. The van der Waals surface area contributed by atoms with Gasteiger partial charge < -0.3 is 4.74 Å². The summed E-state index contributed by atoms with van der Waals surface area (Å²) in [6, 6.07) is 1.46. The number of aromatic nitrogens is 5. The summed E-state index contributed by atoms with van der Waals surface area (Å²) >= 11 is 11.3. The molecule has 7 nitrogen and oxygen atoms in total. The lowest BCUT2D eigenvalue weighted by molar-refractivity contribution is -0.144. The van der Waals surface area contributed by atoms with Gasteiger partial charge in [-0.25, -0.2) is 24.0 Å². The minimum absolute atomic E-state index is 0.0552. The number of alkyl halides is 3. The number of carbonyl (C=O) groups excluding carboxylic acids is 1. The third-order valence-corrected chi connectivity index (χ3v) is 4.24. The highest BCUT2D eigenvalue weighted by Crippen LogP contribution is 2.34. The van der Waals surface area contributed by atoms with Crippen LogP contribution in [0.4, 0.5) is 17.6 Å². The standard InChI is InChI=1S/C17H11Cl2F4N5O2/c1-2-30-16(29)13(15-25-5-8(18)6-26-15)11-4-12(17(21,22)23)27-28(11)9-3-10(20)14(19)24-7-9/h3-7,13H,2H2,1H3. The Morgan fingerprint density at radius 2 is 1.83 bits per heavy atom. The molecule has 3 aromatic rings. The van der Waals surface area contributed by atoms with Gasteiger partial charge in [-0.05, 0) is 13.0 Å². The summed E-state index contributed by atoms with van der Waals surface area (Å²) in [6.45, 7) is 1.47. The lowest BCUT2D eigenvalue weighted by Crippen LogP contribution is -2.22. The van der Waals surface area contributed by atoms with Gasteiger partial charge in [0, 0.05) is 18.5 Å². The molecule has 0 saturated heterocycles. The van der Waals surface area contributed by atoms with Crippen LogP contribution in [0, 0.1) is 5.82 Å². The smallest absolute Gasteiger partial charge is 0.435 e. The fourth-order valence-electron chi connectivity index (χ4n) is 2.53. The number of esters is 1. The maximum atomic E-state index is 13.9. The Bertz CT molecular complexity index is 1070. The summed E-state index contributed by atoms with van der Waals surface area (Å²) in [6.07, 6.45) is -1.50. The first-order chi connectivity index (χ1) is 14.1. The summed E-state index contributed by atoms with van der Waals surface area (Å²) in [5.41, 5.74) is -1.84. The summed E-state index contributed by atoms with van der Waals surface area (Å²) in [5.74, 6) is -3.61. The molecule has 0 bridgehead atoms. The van der Waals surface area contributed by atoms with Crippen molar-refractivity contribution in [1.29, 1.82) is 0 Å². The number of nitrogens with zero attached hydrogens (tertiary/aromatic N) is 5. The number of halogens is 6. The number of hydrogen-bond acceptors (Lipinski definition) is 6. The maximum Gasteiger partial charge on any atom is 0.435 e. The van der Waals surface area contributed by atoms with E-state index in [1.807, 2.05) is 0 Å². The van der Waals surface area contributed by atoms with Crippen LogP contribution in [-0.2, 0) is 15.7 Å². The molecule has 0 fully saturated rings. The molecule has 0 aliphatic rings. The fourth-order valence-corrected chi connectivity index (χ4v) is 2.73. The number of carbonyl (C=O) groups is 1. The van der Waals surface area contributed by atoms with E-state index in [2.05, 4.69) is 20.1 Å². The van der Waals surface area contributed by atoms with Crippen molar-refractivity contribution in [3.05, 3.63) is 63.9 Å². The van der Waals surface area contributed by atoms with E-state index in [-0.39, 0.29) is 28.8 Å². The normalized spacial score (nSPS) is 12.6. The zero-order valence-corrected chi connectivity index (χ0v) is 16.5. The molecule has 1 atom stereocenters. The molecule has 30 heavy (non-hydrogen) atoms. The molecule has 0 aliphatic carbocycles. The molecular weight excluding hydrogens is 453 g/mol. The molecule has 158 valence electrons. The minimum atomic E-state index is -4.85. The first-order valence-corrected chi connectivity index (χ1v) is 9.00. The van der Waals surface area contributed by atoms with Gasteiger partial charge in [-0.2, -0.15) is 18.3 Å². The summed E-state index contributed by atoms with van der Waals surface area (Å²) in [4.78, 5) is 24.0. The summed E-state index contributed by atoms with van der Waals surface area (Å²) in [7, 11) is 0. The number of pyridine rings is 1. The van der Waals surface area contributed by atoms with Crippen LogP contribution in [0.2, 0.25) is 10.2 Å². The van der Waals surface area contributed by atoms with Gasteiger partial charge in [0.05, 0.1) is 29.2 Å². The van der Waals surface area contributed by atoms with E-state index in [0.29, 0.717) is 6.07 Å². The van der Waals surface area contributed by atoms with Gasteiger partial charge >= 0.3 is 12.1 Å². The Kier molecular flexibility index (Phi) is 6.22. The van der Waals surface area contributed by atoms with Crippen molar-refractivity contribution in [3.8, 4) is 5.69 Å². The van der Waals surface area contributed by atoms with Crippen LogP contribution >= 0.6 is 23.2 Å². The lowest BCUT2D eigenvalue weighted by Gasteiger charge is -2.16. The van der Waals surface area contributed by atoms with Crippen molar-refractivity contribution in [2.24, 2.45) is 0 Å². The number of ether oxygens (including phenoxy) is 1. The maximum absolute atomic E-state index is 13.9. The third-order valence-electron chi connectivity index (χ3n) is 3.77. The molecule has 0 amide bonds. The highest BCUT2D eigenvalue weighted by atomic mass is 35.5. The van der Waals surface area contributed by atoms with E-state index in [0.717, 1.165) is 16.9 Å². The molecule has 0 spiro atoms. The average molecular weight is 464 g/mol. The molecule has 0 aliphatic heterocycles. The molecular formula is C17H11Cl2F4N5O2. The number of hydrogen-bond donors (Lipinski definition) is 0. The Morgan fingerprint density at radius 3 is 2.40 bits per heavy atom. The quantitative estimate of drug-likeness (QED) is 0.320. The average Bonchev–Trinajstić information content (AvgIpc) is 3.11. The van der Waals surface area contributed by atoms with E-state index in [1.165, 1.54) is 19.3 Å². The van der Waals surface area contributed by atoms with Crippen LogP contribution in [0.3, 0.4) is 0 Å². The largest absolute Gasteiger partial charge is 0.465 e. The van der Waals surface area contributed by atoms with Crippen molar-refractivity contribution in [2.75, 3.05) is 6.61 Å². The SMILES string of the molecule is CCOC(=O)C(c1ncc(Cl)cn1)c1cc(C(F)(F)F)nn1-c1cnc(Cl)c(F)c1. The molecule has 0 N–H and O–H groups in total. The van der Waals surface area contributed by atoms with Crippen molar-refractivity contribution in [3.63, 3.8) is 0 Å². The van der Waals surface area contributed by atoms with Crippen LogP contribution in [0.5, 0.6) is 0 Å². The molecule has 13 heteroatoms. The molecule has 0 saturated carbocycles. The molecule has 3 rings (SSSR count). The highest BCUT2D eigenvalue weighted by Gasteiger charge is 2.39. The first-order valence-electron chi connectivity index (χ1n) is 8.24. The predicted molar refractivity (Wildman–Crippen MR) is 96.8 cm³/mol. The Hall–Kier alpha value is -2.79. The second-order valence-corrected chi connectivity index (χ2v) is 6.57. The fraction of sp³-hybridized carbons (Fsp3) is 0.235. The van der Waals surface area contributed by atoms with Crippen LogP contribution in [-0.4, -0.2) is 37.3 Å². The zero-order valence-electron chi connectivity index (χ0n) is 15.0. The lowest BCUT2D eigenvalue weighted by atomic mass is 10.0. The molecule has 3 heterocycles. The van der Waals surface area contributed by atoms with E-state index in [9.17, 15) is 22.4 Å². The molecule has 0 radical (unpaired) electrons. The Labute approximate surface area is 176 Å². The molecule has 1 unspecified atom stereocenters. The Morgan fingerprint density at radius 1 is 1.17 bits per heavy atom. The Balaban J connectivity index is 2.25. The van der Waals surface area contributed by atoms with E-state index >= 15 is 0 Å². The van der Waals surface area contributed by atoms with E-state index < -0.39 is 34.7 Å². The van der Waals surface area contributed by atoms with E-state index in [4.69, 9.17) is 27.9 Å². The first kappa shape index (κ1) is 21.9. The minimum Gasteiger partial charge on any atom is -0.465 e. The van der Waals surface area contributed by atoms with Gasteiger partial charge in [0.15, 0.2) is 22.6 Å².